The average molecular weight is 198 g/mol. The Bertz CT molecular complexity index is 320. The zero-order valence-corrected chi connectivity index (χ0v) is 7.80. The van der Waals surface area contributed by atoms with Gasteiger partial charge in [0.2, 0.25) is 0 Å². The van der Waals surface area contributed by atoms with Gasteiger partial charge >= 0.3 is 5.97 Å². The molecule has 70 valence electrons. The van der Waals surface area contributed by atoms with Crippen LogP contribution in [0.5, 0.6) is 0 Å². The first-order valence-corrected chi connectivity index (χ1v) is 5.09. The van der Waals surface area contributed by atoms with Crippen LogP contribution in [0.1, 0.15) is 29.8 Å². The minimum absolute atomic E-state index is 0.131. The van der Waals surface area contributed by atoms with E-state index in [1.54, 1.807) is 5.38 Å². The number of hydrogen-bond donors (Lipinski definition) is 2. The second kappa shape index (κ2) is 3.33. The zero-order chi connectivity index (χ0) is 9.26. The van der Waals surface area contributed by atoms with E-state index in [-0.39, 0.29) is 5.69 Å². The van der Waals surface area contributed by atoms with Crippen LogP contribution in [0.3, 0.4) is 0 Å². The van der Waals surface area contributed by atoms with E-state index < -0.39 is 5.97 Å². The van der Waals surface area contributed by atoms with E-state index in [9.17, 15) is 4.79 Å². The highest BCUT2D eigenvalue weighted by molar-refractivity contribution is 7.13. The summed E-state index contributed by atoms with van der Waals surface area (Å²) in [6.45, 7) is 0. The minimum Gasteiger partial charge on any atom is -0.476 e. The van der Waals surface area contributed by atoms with Crippen molar-refractivity contribution in [1.29, 1.82) is 0 Å². The molecule has 0 bridgehead atoms. The highest BCUT2D eigenvalue weighted by atomic mass is 32.1. The molecular formula is C8H10N2O2S. The number of carboxylic acid groups (broad SMARTS) is 1. The number of rotatable bonds is 3. The number of carbonyl (C=O) groups is 1. The Labute approximate surface area is 79.6 Å². The molecule has 0 radical (unpaired) electrons. The smallest absolute Gasteiger partial charge is 0.355 e. The van der Waals surface area contributed by atoms with Crippen molar-refractivity contribution in [2.24, 2.45) is 0 Å². The minimum atomic E-state index is -0.960. The lowest BCUT2D eigenvalue weighted by Crippen LogP contribution is -2.26. The monoisotopic (exact) mass is 198 g/mol. The van der Waals surface area contributed by atoms with Gasteiger partial charge in [-0.25, -0.2) is 9.78 Å². The average Bonchev–Trinajstić information content (AvgIpc) is 2.44. The number of hydrogen-bond acceptors (Lipinski definition) is 4. The van der Waals surface area contributed by atoms with Crippen molar-refractivity contribution in [3.05, 3.63) is 11.1 Å². The summed E-state index contributed by atoms with van der Waals surface area (Å²) in [7, 11) is 0. The molecule has 0 unspecified atom stereocenters. The van der Waals surface area contributed by atoms with Crippen molar-refractivity contribution >= 4 is 22.4 Å². The van der Waals surface area contributed by atoms with E-state index in [1.807, 2.05) is 0 Å². The number of carboxylic acids is 1. The Balaban J connectivity index is 2.00. The first kappa shape index (κ1) is 8.50. The molecule has 13 heavy (non-hydrogen) atoms. The van der Waals surface area contributed by atoms with Gasteiger partial charge in [-0.3, -0.25) is 0 Å². The van der Waals surface area contributed by atoms with E-state index >= 15 is 0 Å². The highest BCUT2D eigenvalue weighted by Gasteiger charge is 2.18. The van der Waals surface area contributed by atoms with Gasteiger partial charge in [0, 0.05) is 11.4 Å². The van der Waals surface area contributed by atoms with Gasteiger partial charge in [-0.05, 0) is 19.3 Å². The van der Waals surface area contributed by atoms with Crippen LogP contribution in [-0.2, 0) is 0 Å². The van der Waals surface area contributed by atoms with Gasteiger partial charge in [0.05, 0.1) is 0 Å². The molecule has 5 heteroatoms. The summed E-state index contributed by atoms with van der Waals surface area (Å²) < 4.78 is 0. The Morgan fingerprint density at radius 1 is 1.69 bits per heavy atom. The molecule has 2 N–H and O–H groups in total. The van der Waals surface area contributed by atoms with Crippen LogP contribution in [0.15, 0.2) is 5.38 Å². The molecule has 1 saturated carbocycles. The van der Waals surface area contributed by atoms with Gasteiger partial charge in [-0.15, -0.1) is 11.3 Å². The molecule has 1 aliphatic carbocycles. The van der Waals surface area contributed by atoms with Gasteiger partial charge in [-0.1, -0.05) is 0 Å². The van der Waals surface area contributed by atoms with Crippen LogP contribution in [-0.4, -0.2) is 22.1 Å². The molecule has 4 nitrogen and oxygen atoms in total. The summed E-state index contributed by atoms with van der Waals surface area (Å²) in [5, 5.41) is 14.1. The van der Waals surface area contributed by atoms with Gasteiger partial charge in [0.15, 0.2) is 10.8 Å². The van der Waals surface area contributed by atoms with Crippen molar-refractivity contribution < 1.29 is 9.90 Å². The zero-order valence-electron chi connectivity index (χ0n) is 6.99. The van der Waals surface area contributed by atoms with E-state index in [0.29, 0.717) is 6.04 Å². The summed E-state index contributed by atoms with van der Waals surface area (Å²) in [6, 6.07) is 0.507. The summed E-state index contributed by atoms with van der Waals surface area (Å²) >= 11 is 1.35. The number of nitrogens with one attached hydrogen (secondary N) is 1. The van der Waals surface area contributed by atoms with Gasteiger partial charge in [0.25, 0.3) is 0 Å². The lowest BCUT2D eigenvalue weighted by atomic mass is 9.93. The maximum Gasteiger partial charge on any atom is 0.355 e. The lowest BCUT2D eigenvalue weighted by Gasteiger charge is -2.25. The normalized spacial score (nSPS) is 16.6. The Morgan fingerprint density at radius 3 is 2.92 bits per heavy atom. The summed E-state index contributed by atoms with van der Waals surface area (Å²) in [4.78, 5) is 14.4. The Morgan fingerprint density at radius 2 is 2.46 bits per heavy atom. The van der Waals surface area contributed by atoms with Crippen molar-refractivity contribution in [2.45, 2.75) is 25.3 Å². The standard InChI is InChI=1S/C8H10N2O2S/c11-7(12)6-4-13-8(10-6)9-5-2-1-3-5/h4-5H,1-3H2,(H,9,10)(H,11,12). The number of aromatic nitrogens is 1. The highest BCUT2D eigenvalue weighted by Crippen LogP contribution is 2.25. The first-order valence-electron chi connectivity index (χ1n) is 4.21. The molecule has 0 spiro atoms. The molecule has 0 aliphatic heterocycles. The van der Waals surface area contributed by atoms with Gasteiger partial charge < -0.3 is 10.4 Å². The fraction of sp³-hybridized carbons (Fsp3) is 0.500. The van der Waals surface area contributed by atoms with Crippen LogP contribution in [0.25, 0.3) is 0 Å². The van der Waals surface area contributed by atoms with Crippen molar-refractivity contribution in [3.8, 4) is 0 Å². The molecule has 1 fully saturated rings. The van der Waals surface area contributed by atoms with E-state index in [1.165, 1.54) is 30.6 Å². The fourth-order valence-electron chi connectivity index (χ4n) is 1.17. The summed E-state index contributed by atoms with van der Waals surface area (Å²) in [5.41, 5.74) is 0.131. The van der Waals surface area contributed by atoms with Crippen LogP contribution in [0.2, 0.25) is 0 Å². The summed E-state index contributed by atoms with van der Waals surface area (Å²) in [5.74, 6) is -0.960. The van der Waals surface area contributed by atoms with Crippen LogP contribution >= 0.6 is 11.3 Å². The van der Waals surface area contributed by atoms with Crippen molar-refractivity contribution in [3.63, 3.8) is 0 Å². The third-order valence-corrected chi connectivity index (χ3v) is 2.93. The second-order valence-electron chi connectivity index (χ2n) is 3.12. The first-order chi connectivity index (χ1) is 6.25. The topological polar surface area (TPSA) is 62.2 Å². The molecule has 0 amide bonds. The maximum atomic E-state index is 10.5. The molecule has 0 saturated heterocycles. The number of thiazole rings is 1. The van der Waals surface area contributed by atoms with Gasteiger partial charge in [0.1, 0.15) is 0 Å². The van der Waals surface area contributed by atoms with Crippen LogP contribution in [0, 0.1) is 0 Å². The lowest BCUT2D eigenvalue weighted by molar-refractivity contribution is 0.0691. The molecule has 1 heterocycles. The summed E-state index contributed by atoms with van der Waals surface area (Å²) in [6.07, 6.45) is 3.60. The maximum absolute atomic E-state index is 10.5. The Kier molecular flexibility index (Phi) is 2.18. The number of aromatic carboxylic acids is 1. The van der Waals surface area contributed by atoms with E-state index in [2.05, 4.69) is 10.3 Å². The Hall–Kier alpha value is -1.10. The van der Waals surface area contributed by atoms with Gasteiger partial charge in [-0.2, -0.15) is 0 Å². The second-order valence-corrected chi connectivity index (χ2v) is 3.97. The molecule has 2 rings (SSSR count). The van der Waals surface area contributed by atoms with Crippen molar-refractivity contribution in [1.82, 2.24) is 4.98 Å². The number of nitrogens with zero attached hydrogens (tertiary/aromatic N) is 1. The van der Waals surface area contributed by atoms with E-state index in [4.69, 9.17) is 5.11 Å². The van der Waals surface area contributed by atoms with Crippen LogP contribution in [0.4, 0.5) is 5.13 Å². The van der Waals surface area contributed by atoms with Crippen LogP contribution < -0.4 is 5.32 Å². The predicted molar refractivity (Wildman–Crippen MR) is 50.3 cm³/mol. The molecular weight excluding hydrogens is 188 g/mol. The van der Waals surface area contributed by atoms with E-state index in [0.717, 1.165) is 5.13 Å². The third-order valence-electron chi connectivity index (χ3n) is 2.16. The molecule has 1 aromatic heterocycles. The SMILES string of the molecule is O=C(O)c1csc(NC2CCC2)n1. The quantitative estimate of drug-likeness (QED) is 0.777. The molecule has 0 aromatic carbocycles. The number of anilines is 1. The predicted octanol–water partition coefficient (Wildman–Crippen LogP) is 1.81. The molecule has 1 aliphatic rings. The third kappa shape index (κ3) is 1.80. The fourth-order valence-corrected chi connectivity index (χ4v) is 1.93. The molecule has 1 aromatic rings. The van der Waals surface area contributed by atoms with Crippen molar-refractivity contribution in [2.75, 3.05) is 5.32 Å². The largest absolute Gasteiger partial charge is 0.476 e. The molecule has 0 atom stereocenters.